The molecule has 0 amide bonds. The molecule has 1 N–H and O–H groups in total. The highest BCUT2D eigenvalue weighted by Gasteiger charge is 2.29. The van der Waals surface area contributed by atoms with Gasteiger partial charge in [0.05, 0.1) is 6.61 Å². The molecule has 0 aromatic rings. The largest absolute Gasteiger partial charge is 0.381 e. The molecule has 1 atom stereocenters. The first kappa shape index (κ1) is 13.0. The third-order valence-corrected chi connectivity index (χ3v) is 3.65. The molecule has 2 heteroatoms. The summed E-state index contributed by atoms with van der Waals surface area (Å²) in [7, 11) is 0. The average Bonchev–Trinajstić information content (AvgIpc) is 2.98. The van der Waals surface area contributed by atoms with Crippen molar-refractivity contribution in [2.24, 2.45) is 17.3 Å². The summed E-state index contributed by atoms with van der Waals surface area (Å²) in [5, 5.41) is 3.44. The van der Waals surface area contributed by atoms with Crippen LogP contribution in [0.15, 0.2) is 0 Å². The Bertz CT molecular complexity index is 177. The Morgan fingerprint density at radius 2 is 2.07 bits per heavy atom. The maximum absolute atomic E-state index is 5.84. The summed E-state index contributed by atoms with van der Waals surface area (Å²) in [6, 6.07) is 0. The zero-order valence-electron chi connectivity index (χ0n) is 10.8. The van der Waals surface area contributed by atoms with E-state index in [-0.39, 0.29) is 5.41 Å². The molecule has 90 valence electrons. The van der Waals surface area contributed by atoms with Crippen LogP contribution in [-0.4, -0.2) is 26.3 Å². The Kier molecular flexibility index (Phi) is 5.07. The molecule has 1 aliphatic rings. The Labute approximate surface area is 94.8 Å². The fourth-order valence-electron chi connectivity index (χ4n) is 1.58. The molecule has 1 rings (SSSR count). The van der Waals surface area contributed by atoms with Crippen LogP contribution in [0.4, 0.5) is 0 Å². The summed E-state index contributed by atoms with van der Waals surface area (Å²) in [5.41, 5.74) is 0.283. The molecule has 1 unspecified atom stereocenters. The van der Waals surface area contributed by atoms with Crippen LogP contribution >= 0.6 is 0 Å². The molecule has 0 heterocycles. The van der Waals surface area contributed by atoms with Crippen LogP contribution in [0.2, 0.25) is 0 Å². The fourth-order valence-corrected chi connectivity index (χ4v) is 1.58. The SMILES string of the molecule is CCNCC(C)(COCC1CC1)C(C)C. The Hall–Kier alpha value is -0.0800. The van der Waals surface area contributed by atoms with E-state index in [9.17, 15) is 0 Å². The van der Waals surface area contributed by atoms with Gasteiger partial charge in [-0.05, 0) is 31.2 Å². The van der Waals surface area contributed by atoms with Crippen molar-refractivity contribution in [3.63, 3.8) is 0 Å². The van der Waals surface area contributed by atoms with Gasteiger partial charge in [0, 0.05) is 18.6 Å². The predicted molar refractivity (Wildman–Crippen MR) is 65.0 cm³/mol. The highest BCUT2D eigenvalue weighted by Crippen LogP contribution is 2.31. The van der Waals surface area contributed by atoms with E-state index in [2.05, 4.69) is 33.0 Å². The molecule has 2 nitrogen and oxygen atoms in total. The fraction of sp³-hybridized carbons (Fsp3) is 1.00. The van der Waals surface area contributed by atoms with Gasteiger partial charge in [0.1, 0.15) is 0 Å². The number of ether oxygens (including phenoxy) is 1. The highest BCUT2D eigenvalue weighted by atomic mass is 16.5. The standard InChI is InChI=1S/C13H27NO/c1-5-14-9-13(4,11(2)3)10-15-8-12-6-7-12/h11-12,14H,5-10H2,1-4H3. The molecule has 0 spiro atoms. The molecule has 0 aromatic heterocycles. The Morgan fingerprint density at radius 1 is 1.40 bits per heavy atom. The van der Waals surface area contributed by atoms with E-state index in [1.54, 1.807) is 0 Å². The zero-order chi connectivity index (χ0) is 11.3. The van der Waals surface area contributed by atoms with Gasteiger partial charge in [-0.2, -0.15) is 0 Å². The van der Waals surface area contributed by atoms with Crippen LogP contribution in [0.1, 0.15) is 40.5 Å². The second-order valence-electron chi connectivity index (χ2n) is 5.55. The van der Waals surface area contributed by atoms with Gasteiger partial charge in [0.25, 0.3) is 0 Å². The van der Waals surface area contributed by atoms with Crippen molar-refractivity contribution in [1.29, 1.82) is 0 Å². The molecule has 1 fully saturated rings. The van der Waals surface area contributed by atoms with E-state index < -0.39 is 0 Å². The summed E-state index contributed by atoms with van der Waals surface area (Å²) < 4.78 is 5.84. The second kappa shape index (κ2) is 5.86. The minimum atomic E-state index is 0.283. The van der Waals surface area contributed by atoms with Gasteiger partial charge >= 0.3 is 0 Å². The monoisotopic (exact) mass is 213 g/mol. The zero-order valence-corrected chi connectivity index (χ0v) is 10.8. The lowest BCUT2D eigenvalue weighted by molar-refractivity contribution is 0.0219. The van der Waals surface area contributed by atoms with Crippen LogP contribution in [-0.2, 0) is 4.74 Å². The van der Waals surface area contributed by atoms with Crippen molar-refractivity contribution >= 4 is 0 Å². The molecule has 0 radical (unpaired) electrons. The minimum Gasteiger partial charge on any atom is -0.381 e. The van der Waals surface area contributed by atoms with Crippen molar-refractivity contribution in [2.75, 3.05) is 26.3 Å². The molecule has 0 aromatic carbocycles. The average molecular weight is 213 g/mol. The summed E-state index contributed by atoms with van der Waals surface area (Å²) in [5.74, 6) is 1.54. The normalized spacial score (nSPS) is 20.6. The molecule has 15 heavy (non-hydrogen) atoms. The summed E-state index contributed by atoms with van der Waals surface area (Å²) >= 11 is 0. The van der Waals surface area contributed by atoms with Crippen molar-refractivity contribution in [1.82, 2.24) is 5.32 Å². The van der Waals surface area contributed by atoms with Gasteiger partial charge in [-0.3, -0.25) is 0 Å². The van der Waals surface area contributed by atoms with Crippen LogP contribution in [0, 0.1) is 17.3 Å². The molecule has 1 aliphatic carbocycles. The first-order chi connectivity index (χ1) is 7.08. The number of hydrogen-bond donors (Lipinski definition) is 1. The summed E-state index contributed by atoms with van der Waals surface area (Å²) in [6.07, 6.45) is 2.76. The molecule has 0 aliphatic heterocycles. The third-order valence-electron chi connectivity index (χ3n) is 3.65. The first-order valence-corrected chi connectivity index (χ1v) is 6.37. The highest BCUT2D eigenvalue weighted by molar-refractivity contribution is 4.80. The van der Waals surface area contributed by atoms with Crippen LogP contribution in [0.5, 0.6) is 0 Å². The van der Waals surface area contributed by atoms with Gasteiger partial charge in [0.2, 0.25) is 0 Å². The molecule has 1 saturated carbocycles. The van der Waals surface area contributed by atoms with Crippen LogP contribution < -0.4 is 5.32 Å². The number of nitrogens with one attached hydrogen (secondary N) is 1. The van der Waals surface area contributed by atoms with E-state index in [1.165, 1.54) is 12.8 Å². The summed E-state index contributed by atoms with van der Waals surface area (Å²) in [6.45, 7) is 13.0. The van der Waals surface area contributed by atoms with E-state index in [0.717, 1.165) is 32.2 Å². The van der Waals surface area contributed by atoms with E-state index >= 15 is 0 Å². The van der Waals surface area contributed by atoms with Crippen molar-refractivity contribution < 1.29 is 4.74 Å². The third kappa shape index (κ3) is 4.52. The smallest absolute Gasteiger partial charge is 0.0534 e. The minimum absolute atomic E-state index is 0.283. The van der Waals surface area contributed by atoms with Crippen molar-refractivity contribution in [2.45, 2.75) is 40.5 Å². The number of rotatable bonds is 8. The van der Waals surface area contributed by atoms with Crippen LogP contribution in [0.3, 0.4) is 0 Å². The maximum atomic E-state index is 5.84. The second-order valence-corrected chi connectivity index (χ2v) is 5.55. The predicted octanol–water partition coefficient (Wildman–Crippen LogP) is 2.68. The van der Waals surface area contributed by atoms with E-state index in [4.69, 9.17) is 4.74 Å². The Balaban J connectivity index is 2.25. The maximum Gasteiger partial charge on any atom is 0.0534 e. The molecular weight excluding hydrogens is 186 g/mol. The van der Waals surface area contributed by atoms with Crippen molar-refractivity contribution in [3.8, 4) is 0 Å². The van der Waals surface area contributed by atoms with Crippen molar-refractivity contribution in [3.05, 3.63) is 0 Å². The van der Waals surface area contributed by atoms with Gasteiger partial charge in [0.15, 0.2) is 0 Å². The summed E-state index contributed by atoms with van der Waals surface area (Å²) in [4.78, 5) is 0. The number of hydrogen-bond acceptors (Lipinski definition) is 2. The van der Waals surface area contributed by atoms with Gasteiger partial charge in [-0.1, -0.05) is 27.7 Å². The lowest BCUT2D eigenvalue weighted by Crippen LogP contribution is -2.40. The lowest BCUT2D eigenvalue weighted by Gasteiger charge is -2.33. The quantitative estimate of drug-likeness (QED) is 0.669. The topological polar surface area (TPSA) is 21.3 Å². The molecule has 0 saturated heterocycles. The van der Waals surface area contributed by atoms with E-state index in [0.29, 0.717) is 5.92 Å². The van der Waals surface area contributed by atoms with Gasteiger partial charge in [-0.15, -0.1) is 0 Å². The van der Waals surface area contributed by atoms with Gasteiger partial charge in [-0.25, -0.2) is 0 Å². The van der Waals surface area contributed by atoms with E-state index in [1.807, 2.05) is 0 Å². The molecular formula is C13H27NO. The van der Waals surface area contributed by atoms with Crippen LogP contribution in [0.25, 0.3) is 0 Å². The lowest BCUT2D eigenvalue weighted by atomic mass is 9.80. The first-order valence-electron chi connectivity index (χ1n) is 6.37. The Morgan fingerprint density at radius 3 is 2.53 bits per heavy atom. The van der Waals surface area contributed by atoms with Gasteiger partial charge < -0.3 is 10.1 Å². The molecule has 0 bridgehead atoms.